The van der Waals surface area contributed by atoms with Gasteiger partial charge in [0.1, 0.15) is 0 Å². The molecule has 1 aromatic rings. The average molecular weight is 332 g/mol. The highest BCUT2D eigenvalue weighted by atomic mass is 35.5. The maximum Gasteiger partial charge on any atom is 0.238 e. The molecule has 1 amide bonds. The van der Waals surface area contributed by atoms with E-state index >= 15 is 0 Å². The van der Waals surface area contributed by atoms with E-state index in [-0.39, 0.29) is 18.6 Å². The van der Waals surface area contributed by atoms with Crippen molar-refractivity contribution in [2.45, 2.75) is 18.9 Å². The number of benzene rings is 1. The summed E-state index contributed by atoms with van der Waals surface area (Å²) < 4.78 is 5.55. The van der Waals surface area contributed by atoms with Crippen LogP contribution in [0.25, 0.3) is 0 Å². The molecule has 2 rings (SSSR count). The van der Waals surface area contributed by atoms with Crippen molar-refractivity contribution in [3.8, 4) is 0 Å². The number of nitrogen functional groups attached to an aromatic ring is 1. The van der Waals surface area contributed by atoms with Crippen molar-refractivity contribution in [1.29, 1.82) is 0 Å². The molecule has 1 heterocycles. The van der Waals surface area contributed by atoms with Crippen molar-refractivity contribution in [3.05, 3.63) is 22.2 Å². The monoisotopic (exact) mass is 331 g/mol. The van der Waals surface area contributed by atoms with Crippen molar-refractivity contribution in [3.63, 3.8) is 0 Å². The zero-order valence-corrected chi connectivity index (χ0v) is 13.4. The largest absolute Gasteiger partial charge is 0.399 e. The highest BCUT2D eigenvalue weighted by Gasteiger charge is 2.19. The van der Waals surface area contributed by atoms with Gasteiger partial charge in [-0.2, -0.15) is 0 Å². The van der Waals surface area contributed by atoms with Crippen molar-refractivity contribution in [1.82, 2.24) is 4.90 Å². The van der Waals surface area contributed by atoms with Crippen LogP contribution in [0.4, 0.5) is 11.4 Å². The van der Waals surface area contributed by atoms with Crippen molar-refractivity contribution < 1.29 is 9.53 Å². The number of halogens is 2. The lowest BCUT2D eigenvalue weighted by Gasteiger charge is -2.20. The first-order valence-electron chi connectivity index (χ1n) is 6.80. The summed E-state index contributed by atoms with van der Waals surface area (Å²) in [5.41, 5.74) is 6.48. The fourth-order valence-corrected chi connectivity index (χ4v) is 2.94. The van der Waals surface area contributed by atoms with Crippen molar-refractivity contribution in [2.24, 2.45) is 0 Å². The number of nitrogens with one attached hydrogen (secondary N) is 1. The van der Waals surface area contributed by atoms with Crippen LogP contribution in [0.3, 0.4) is 0 Å². The van der Waals surface area contributed by atoms with Crippen LogP contribution in [0.1, 0.15) is 12.8 Å². The molecule has 7 heteroatoms. The van der Waals surface area contributed by atoms with Crippen molar-refractivity contribution >= 4 is 40.5 Å². The van der Waals surface area contributed by atoms with Gasteiger partial charge in [0.15, 0.2) is 0 Å². The number of nitrogens with zero attached hydrogens (tertiary/aromatic N) is 1. The number of amides is 1. The molecule has 1 aromatic carbocycles. The molecule has 1 unspecified atom stereocenters. The molecule has 3 N–H and O–H groups in total. The molecule has 116 valence electrons. The molecule has 0 spiro atoms. The van der Waals surface area contributed by atoms with E-state index in [1.165, 1.54) is 0 Å². The molecular formula is C14H19Cl2N3O2. The molecule has 21 heavy (non-hydrogen) atoms. The Balaban J connectivity index is 1.89. The van der Waals surface area contributed by atoms with Gasteiger partial charge in [0, 0.05) is 18.8 Å². The van der Waals surface area contributed by atoms with E-state index in [0.717, 1.165) is 26.0 Å². The van der Waals surface area contributed by atoms with E-state index in [1.807, 2.05) is 11.9 Å². The zero-order chi connectivity index (χ0) is 15.4. The van der Waals surface area contributed by atoms with Gasteiger partial charge in [-0.25, -0.2) is 0 Å². The summed E-state index contributed by atoms with van der Waals surface area (Å²) in [6.45, 7) is 1.79. The number of rotatable bonds is 5. The van der Waals surface area contributed by atoms with Crippen LogP contribution in [-0.4, -0.2) is 43.7 Å². The molecule has 1 atom stereocenters. The fraction of sp³-hybridized carbons (Fsp3) is 0.500. The van der Waals surface area contributed by atoms with Crippen LogP contribution in [0, 0.1) is 0 Å². The Morgan fingerprint density at radius 1 is 1.48 bits per heavy atom. The van der Waals surface area contributed by atoms with E-state index in [2.05, 4.69) is 5.32 Å². The van der Waals surface area contributed by atoms with Crippen LogP contribution in [-0.2, 0) is 9.53 Å². The summed E-state index contributed by atoms with van der Waals surface area (Å²) in [6, 6.07) is 3.11. The molecular weight excluding hydrogens is 313 g/mol. The van der Waals surface area contributed by atoms with Gasteiger partial charge in [-0.05, 0) is 32.0 Å². The summed E-state index contributed by atoms with van der Waals surface area (Å²) in [5, 5.41) is 3.38. The maximum atomic E-state index is 12.0. The van der Waals surface area contributed by atoms with E-state index in [9.17, 15) is 4.79 Å². The minimum absolute atomic E-state index is 0.177. The van der Waals surface area contributed by atoms with E-state index < -0.39 is 0 Å². The highest BCUT2D eigenvalue weighted by molar-refractivity contribution is 6.40. The smallest absolute Gasteiger partial charge is 0.238 e. The Bertz CT molecular complexity index is 496. The topological polar surface area (TPSA) is 67.6 Å². The first-order valence-corrected chi connectivity index (χ1v) is 7.56. The first kappa shape index (κ1) is 16.4. The molecule has 0 aromatic heterocycles. The molecule has 0 bridgehead atoms. The Morgan fingerprint density at radius 2 is 2.14 bits per heavy atom. The second kappa shape index (κ2) is 7.31. The van der Waals surface area contributed by atoms with Gasteiger partial charge in [0.2, 0.25) is 5.91 Å². The first-order chi connectivity index (χ1) is 9.95. The Labute approximate surface area is 134 Å². The van der Waals surface area contributed by atoms with Gasteiger partial charge in [-0.15, -0.1) is 0 Å². The molecule has 0 saturated carbocycles. The van der Waals surface area contributed by atoms with E-state index in [4.69, 9.17) is 33.7 Å². The van der Waals surface area contributed by atoms with Gasteiger partial charge < -0.3 is 15.8 Å². The summed E-state index contributed by atoms with van der Waals surface area (Å²) >= 11 is 12.1. The summed E-state index contributed by atoms with van der Waals surface area (Å²) in [6.07, 6.45) is 2.34. The molecule has 0 radical (unpaired) electrons. The summed E-state index contributed by atoms with van der Waals surface area (Å²) in [5.74, 6) is -0.177. The minimum atomic E-state index is -0.177. The average Bonchev–Trinajstić information content (AvgIpc) is 2.86. The lowest BCUT2D eigenvalue weighted by atomic mass is 10.2. The number of carbonyl (C=O) groups is 1. The summed E-state index contributed by atoms with van der Waals surface area (Å²) in [7, 11) is 1.88. The molecule has 1 saturated heterocycles. The normalized spacial score (nSPS) is 18.2. The van der Waals surface area contributed by atoms with Gasteiger partial charge in [-0.3, -0.25) is 9.69 Å². The predicted molar refractivity (Wildman–Crippen MR) is 86.0 cm³/mol. The third kappa shape index (κ3) is 4.74. The fourth-order valence-electron chi connectivity index (χ4n) is 2.34. The number of hydrogen-bond acceptors (Lipinski definition) is 4. The standard InChI is InChI=1S/C14H19Cl2N3O2/c1-19(7-10-3-2-4-21-10)8-13(20)18-14-11(15)5-9(17)6-12(14)16/h5-6,10H,2-4,7-8,17H2,1H3,(H,18,20). The second-order valence-electron chi connectivity index (χ2n) is 5.24. The summed E-state index contributed by atoms with van der Waals surface area (Å²) in [4.78, 5) is 14.0. The van der Waals surface area contributed by atoms with Crippen LogP contribution >= 0.6 is 23.2 Å². The number of carbonyl (C=O) groups excluding carboxylic acids is 1. The molecule has 1 aliphatic heterocycles. The number of nitrogens with two attached hydrogens (primary N) is 1. The van der Waals surface area contributed by atoms with Gasteiger partial charge in [0.25, 0.3) is 0 Å². The number of ether oxygens (including phenoxy) is 1. The van der Waals surface area contributed by atoms with E-state index in [1.54, 1.807) is 12.1 Å². The van der Waals surface area contributed by atoms with E-state index in [0.29, 0.717) is 21.4 Å². The lowest BCUT2D eigenvalue weighted by Crippen LogP contribution is -2.35. The Hall–Kier alpha value is -1.01. The number of likely N-dealkylation sites (N-methyl/N-ethyl adjacent to an activating group) is 1. The van der Waals surface area contributed by atoms with Gasteiger partial charge in [-0.1, -0.05) is 23.2 Å². The third-order valence-electron chi connectivity index (χ3n) is 3.28. The Kier molecular flexibility index (Phi) is 5.70. The van der Waals surface area contributed by atoms with Crippen LogP contribution in [0.5, 0.6) is 0 Å². The van der Waals surface area contributed by atoms with Gasteiger partial charge in [0.05, 0.1) is 28.4 Å². The zero-order valence-electron chi connectivity index (χ0n) is 11.9. The molecule has 1 fully saturated rings. The van der Waals surface area contributed by atoms with Crippen LogP contribution < -0.4 is 11.1 Å². The maximum absolute atomic E-state index is 12.0. The lowest BCUT2D eigenvalue weighted by molar-refractivity contribution is -0.117. The van der Waals surface area contributed by atoms with Crippen molar-refractivity contribution in [2.75, 3.05) is 37.8 Å². The van der Waals surface area contributed by atoms with Crippen LogP contribution in [0.15, 0.2) is 12.1 Å². The quantitative estimate of drug-likeness (QED) is 0.814. The third-order valence-corrected chi connectivity index (χ3v) is 3.88. The molecule has 1 aliphatic rings. The Morgan fingerprint density at radius 3 is 2.71 bits per heavy atom. The molecule has 5 nitrogen and oxygen atoms in total. The minimum Gasteiger partial charge on any atom is -0.399 e. The second-order valence-corrected chi connectivity index (χ2v) is 6.05. The predicted octanol–water partition coefficient (Wildman–Crippen LogP) is 2.62. The SMILES string of the molecule is CN(CC(=O)Nc1c(Cl)cc(N)cc1Cl)CC1CCCO1. The van der Waals surface area contributed by atoms with Crippen LogP contribution in [0.2, 0.25) is 10.0 Å². The number of anilines is 2. The van der Waals surface area contributed by atoms with Gasteiger partial charge >= 0.3 is 0 Å². The highest BCUT2D eigenvalue weighted by Crippen LogP contribution is 2.32. The molecule has 0 aliphatic carbocycles. The number of hydrogen-bond donors (Lipinski definition) is 2.